The van der Waals surface area contributed by atoms with Gasteiger partial charge in [0.15, 0.2) is 0 Å². The average Bonchev–Trinajstić information content (AvgIpc) is 2.94. The van der Waals surface area contributed by atoms with Gasteiger partial charge >= 0.3 is 0 Å². The fourth-order valence-corrected chi connectivity index (χ4v) is 3.03. The van der Waals surface area contributed by atoms with Gasteiger partial charge in [0.2, 0.25) is 0 Å². The van der Waals surface area contributed by atoms with Gasteiger partial charge in [-0.25, -0.2) is 0 Å². The fourth-order valence-electron chi connectivity index (χ4n) is 3.03. The molecule has 0 radical (unpaired) electrons. The van der Waals surface area contributed by atoms with Crippen LogP contribution < -0.4 is 5.73 Å². The van der Waals surface area contributed by atoms with Crippen LogP contribution in [0.5, 0.6) is 0 Å². The lowest BCUT2D eigenvalue weighted by Gasteiger charge is -2.27. The van der Waals surface area contributed by atoms with Crippen LogP contribution >= 0.6 is 0 Å². The van der Waals surface area contributed by atoms with Crippen molar-refractivity contribution in [2.24, 2.45) is 7.05 Å². The first kappa shape index (κ1) is 14.8. The molecule has 0 saturated carbocycles. The minimum absolute atomic E-state index is 0.0476. The highest BCUT2D eigenvalue weighted by Gasteiger charge is 2.28. The maximum atomic E-state index is 12.5. The number of likely N-dealkylation sites (tertiary alicyclic amines) is 1. The minimum Gasteiger partial charge on any atom is -0.395 e. The SMILES string of the molecule is CCN1CCCC1CN(C)C(=O)c1c(N)c(C)nn1C. The number of nitrogens with zero attached hydrogens (tertiary/aromatic N) is 4. The third-order valence-corrected chi connectivity index (χ3v) is 4.21. The Morgan fingerprint density at radius 3 is 2.80 bits per heavy atom. The van der Waals surface area contributed by atoms with Crippen molar-refractivity contribution in [2.45, 2.75) is 32.7 Å². The molecule has 20 heavy (non-hydrogen) atoms. The summed E-state index contributed by atoms with van der Waals surface area (Å²) in [5, 5.41) is 4.21. The van der Waals surface area contributed by atoms with E-state index in [9.17, 15) is 4.79 Å². The van der Waals surface area contributed by atoms with E-state index in [0.717, 1.165) is 26.1 Å². The van der Waals surface area contributed by atoms with Crippen LogP contribution in [0.2, 0.25) is 0 Å². The number of hydrogen-bond acceptors (Lipinski definition) is 4. The number of aryl methyl sites for hydroxylation is 2. The lowest BCUT2D eigenvalue weighted by Crippen LogP contribution is -2.41. The smallest absolute Gasteiger partial charge is 0.274 e. The molecular weight excluding hydrogens is 254 g/mol. The number of anilines is 1. The van der Waals surface area contributed by atoms with Gasteiger partial charge in [-0.15, -0.1) is 0 Å². The van der Waals surface area contributed by atoms with E-state index in [1.807, 2.05) is 14.0 Å². The number of carbonyl (C=O) groups is 1. The first-order valence-corrected chi connectivity index (χ1v) is 7.24. The molecule has 6 nitrogen and oxygen atoms in total. The van der Waals surface area contributed by atoms with Gasteiger partial charge in [-0.1, -0.05) is 6.92 Å². The number of amides is 1. The number of rotatable bonds is 4. The second-order valence-corrected chi connectivity index (χ2v) is 5.58. The van der Waals surface area contributed by atoms with Crippen LogP contribution in [0.4, 0.5) is 5.69 Å². The number of nitrogens with two attached hydrogens (primary N) is 1. The summed E-state index contributed by atoms with van der Waals surface area (Å²) in [6.45, 7) is 6.91. The van der Waals surface area contributed by atoms with E-state index in [0.29, 0.717) is 23.1 Å². The first-order valence-electron chi connectivity index (χ1n) is 7.24. The standard InChI is InChI=1S/C14H25N5O/c1-5-19-8-6-7-11(19)9-17(3)14(20)13-12(15)10(2)16-18(13)4/h11H,5-9,15H2,1-4H3. The summed E-state index contributed by atoms with van der Waals surface area (Å²) in [5.41, 5.74) is 7.65. The molecule has 2 rings (SSSR count). The largest absolute Gasteiger partial charge is 0.395 e. The normalized spacial score (nSPS) is 19.5. The summed E-state index contributed by atoms with van der Waals surface area (Å²) in [5.74, 6) is -0.0476. The Balaban J connectivity index is 2.09. The number of hydrogen-bond donors (Lipinski definition) is 1. The van der Waals surface area contributed by atoms with Gasteiger partial charge in [0, 0.05) is 26.7 Å². The highest BCUT2D eigenvalue weighted by atomic mass is 16.2. The van der Waals surface area contributed by atoms with Crippen molar-refractivity contribution >= 4 is 11.6 Å². The molecule has 2 heterocycles. The number of nitrogen functional groups attached to an aromatic ring is 1. The molecule has 1 amide bonds. The molecule has 1 atom stereocenters. The number of likely N-dealkylation sites (N-methyl/N-ethyl adjacent to an activating group) is 2. The van der Waals surface area contributed by atoms with E-state index >= 15 is 0 Å². The minimum atomic E-state index is -0.0476. The Hall–Kier alpha value is -1.56. The zero-order valence-electron chi connectivity index (χ0n) is 12.9. The maximum absolute atomic E-state index is 12.5. The van der Waals surface area contributed by atoms with Crippen molar-refractivity contribution in [3.8, 4) is 0 Å². The predicted octanol–water partition coefficient (Wildman–Crippen LogP) is 0.867. The van der Waals surface area contributed by atoms with Crippen molar-refractivity contribution in [1.82, 2.24) is 19.6 Å². The van der Waals surface area contributed by atoms with Crippen LogP contribution in [0, 0.1) is 6.92 Å². The van der Waals surface area contributed by atoms with Crippen molar-refractivity contribution < 1.29 is 4.79 Å². The van der Waals surface area contributed by atoms with Crippen LogP contribution in [0.3, 0.4) is 0 Å². The monoisotopic (exact) mass is 279 g/mol. The molecule has 6 heteroatoms. The van der Waals surface area contributed by atoms with E-state index in [1.54, 1.807) is 16.6 Å². The van der Waals surface area contributed by atoms with Gasteiger partial charge in [-0.2, -0.15) is 5.10 Å². The second-order valence-electron chi connectivity index (χ2n) is 5.58. The van der Waals surface area contributed by atoms with Crippen molar-refractivity contribution in [1.29, 1.82) is 0 Å². The van der Waals surface area contributed by atoms with E-state index in [-0.39, 0.29) is 5.91 Å². The molecular formula is C14H25N5O. The van der Waals surface area contributed by atoms with E-state index in [4.69, 9.17) is 5.73 Å². The number of aromatic nitrogens is 2. The van der Waals surface area contributed by atoms with Gasteiger partial charge < -0.3 is 10.6 Å². The summed E-state index contributed by atoms with van der Waals surface area (Å²) in [6.07, 6.45) is 2.37. The summed E-state index contributed by atoms with van der Waals surface area (Å²) in [4.78, 5) is 16.8. The predicted molar refractivity (Wildman–Crippen MR) is 79.6 cm³/mol. The summed E-state index contributed by atoms with van der Waals surface area (Å²) >= 11 is 0. The molecule has 1 aromatic heterocycles. The molecule has 0 bridgehead atoms. The summed E-state index contributed by atoms with van der Waals surface area (Å²) in [6, 6.07) is 0.462. The van der Waals surface area contributed by atoms with Crippen molar-refractivity contribution in [2.75, 3.05) is 32.4 Å². The van der Waals surface area contributed by atoms with Crippen LogP contribution in [0.1, 0.15) is 35.9 Å². The molecule has 1 aromatic rings. The third kappa shape index (κ3) is 2.65. The second kappa shape index (κ2) is 5.83. The Morgan fingerprint density at radius 2 is 2.25 bits per heavy atom. The highest BCUT2D eigenvalue weighted by molar-refractivity contribution is 5.97. The van der Waals surface area contributed by atoms with Gasteiger partial charge in [-0.05, 0) is 32.9 Å². The number of carbonyl (C=O) groups excluding carboxylic acids is 1. The van der Waals surface area contributed by atoms with Gasteiger partial charge in [0.1, 0.15) is 5.69 Å². The molecule has 1 fully saturated rings. The molecule has 0 aromatic carbocycles. The van der Waals surface area contributed by atoms with Crippen molar-refractivity contribution in [3.63, 3.8) is 0 Å². The van der Waals surface area contributed by atoms with E-state index in [1.165, 1.54) is 6.42 Å². The van der Waals surface area contributed by atoms with Gasteiger partial charge in [0.05, 0.1) is 11.4 Å². The fraction of sp³-hybridized carbons (Fsp3) is 0.714. The quantitative estimate of drug-likeness (QED) is 0.888. The molecule has 0 spiro atoms. The van der Waals surface area contributed by atoms with Crippen LogP contribution in [-0.2, 0) is 7.05 Å². The van der Waals surface area contributed by atoms with Gasteiger partial charge in [-0.3, -0.25) is 14.4 Å². The zero-order chi connectivity index (χ0) is 14.9. The Bertz CT molecular complexity index is 496. The molecule has 1 aliphatic heterocycles. The molecule has 0 aliphatic carbocycles. The Kier molecular flexibility index (Phi) is 4.32. The highest BCUT2D eigenvalue weighted by Crippen LogP contribution is 2.20. The zero-order valence-corrected chi connectivity index (χ0v) is 12.9. The van der Waals surface area contributed by atoms with Crippen molar-refractivity contribution in [3.05, 3.63) is 11.4 Å². The molecule has 2 N–H and O–H groups in total. The maximum Gasteiger partial charge on any atom is 0.274 e. The lowest BCUT2D eigenvalue weighted by molar-refractivity contribution is 0.0745. The van der Waals surface area contributed by atoms with Crippen LogP contribution in [-0.4, -0.2) is 58.2 Å². The topological polar surface area (TPSA) is 67.4 Å². The molecule has 112 valence electrons. The lowest BCUT2D eigenvalue weighted by atomic mass is 10.2. The van der Waals surface area contributed by atoms with E-state index < -0.39 is 0 Å². The first-order chi connectivity index (χ1) is 9.45. The van der Waals surface area contributed by atoms with Gasteiger partial charge in [0.25, 0.3) is 5.91 Å². The molecule has 1 aliphatic rings. The van der Waals surface area contributed by atoms with Crippen LogP contribution in [0.15, 0.2) is 0 Å². The Labute approximate surface area is 120 Å². The summed E-state index contributed by atoms with van der Waals surface area (Å²) in [7, 11) is 3.61. The van der Waals surface area contributed by atoms with Crippen LogP contribution in [0.25, 0.3) is 0 Å². The average molecular weight is 279 g/mol. The Morgan fingerprint density at radius 1 is 1.55 bits per heavy atom. The third-order valence-electron chi connectivity index (χ3n) is 4.21. The summed E-state index contributed by atoms with van der Waals surface area (Å²) < 4.78 is 1.58. The molecule has 1 saturated heterocycles. The molecule has 1 unspecified atom stereocenters. The van der Waals surface area contributed by atoms with E-state index in [2.05, 4.69) is 16.9 Å².